The Balaban J connectivity index is 1.75. The molecule has 24 heteroatoms. The Bertz CT molecular complexity index is 2540. The molecule has 1 aliphatic carbocycles. The van der Waals surface area contributed by atoms with Crippen LogP contribution in [0.4, 0.5) is 0 Å². The Morgan fingerprint density at radius 1 is 0.671 bits per heavy atom. The van der Waals surface area contributed by atoms with Crippen molar-refractivity contribution in [1.29, 1.82) is 0 Å². The van der Waals surface area contributed by atoms with E-state index in [2.05, 4.69) is 16.0 Å². The summed E-state index contributed by atoms with van der Waals surface area (Å²) in [6, 6.07) is -0.487. The van der Waals surface area contributed by atoms with Gasteiger partial charge in [-0.25, -0.2) is 0 Å². The van der Waals surface area contributed by atoms with Crippen molar-refractivity contribution in [2.24, 2.45) is 11.8 Å². The van der Waals surface area contributed by atoms with E-state index in [9.17, 15) is 57.5 Å². The third-order valence-electron chi connectivity index (χ3n) is 17.3. The second-order valence-electron chi connectivity index (χ2n) is 23.2. The summed E-state index contributed by atoms with van der Waals surface area (Å²) in [5, 5.41) is 8.19. The molecule has 3 fully saturated rings. The smallest absolute Gasteiger partial charge is 0.248 e. The summed E-state index contributed by atoms with van der Waals surface area (Å²) in [6.45, 7) is 10.7. The number of rotatable bonds is 8. The van der Waals surface area contributed by atoms with Gasteiger partial charge in [0, 0.05) is 70.0 Å². The van der Waals surface area contributed by atoms with Crippen molar-refractivity contribution < 1.29 is 57.5 Å². The van der Waals surface area contributed by atoms with Crippen molar-refractivity contribution in [2.45, 2.75) is 161 Å². The van der Waals surface area contributed by atoms with E-state index in [4.69, 9.17) is 0 Å². The lowest BCUT2D eigenvalue weighted by Gasteiger charge is -2.45. The van der Waals surface area contributed by atoms with Crippen LogP contribution >= 0.6 is 0 Å². The van der Waals surface area contributed by atoms with Gasteiger partial charge in [-0.15, -0.1) is 0 Å². The fourth-order valence-electron chi connectivity index (χ4n) is 10.7. The standard InChI is InChI=1S/C58H92N12O12/c1-17-36(4)48-55(80)66(13)39(7)51(76)70-30-27-42(70)54(79)67(14)41(26-25-40-23-21-35(3)22-24-40)53(78)64(11)33-44(71)59-32-47(74)63(10)34-45(72)61-58(28-19-20-29-58)57(82)69(16)49(37(5)18-2)56(81)68(15)43(52(77)62(8)9)31-46(73)65(12)38(6)50(75)60-48/h21-24,36-39,41-43,48-49H,17-20,25-34H2,1-16H3,(H,59,71)(H,60,75)(H,61,72)/t36-,37-,38?,39?,41?,42?,43?,48?,49?/m0/s1. The number of hydrogen-bond donors (Lipinski definition) is 3. The summed E-state index contributed by atoms with van der Waals surface area (Å²) in [7, 11) is 12.8. The molecule has 0 aromatic heterocycles. The molecule has 3 N–H and O–H groups in total. The highest BCUT2D eigenvalue weighted by Crippen LogP contribution is 2.34. The van der Waals surface area contributed by atoms with E-state index in [0.717, 1.165) is 30.7 Å². The van der Waals surface area contributed by atoms with Crippen LogP contribution in [0.25, 0.3) is 0 Å². The van der Waals surface area contributed by atoms with Crippen molar-refractivity contribution in [1.82, 2.24) is 60.0 Å². The maximum Gasteiger partial charge on any atom is 0.248 e. The van der Waals surface area contributed by atoms with Crippen LogP contribution in [0.5, 0.6) is 0 Å². The van der Waals surface area contributed by atoms with Gasteiger partial charge in [-0.1, -0.05) is 83.2 Å². The van der Waals surface area contributed by atoms with Gasteiger partial charge in [0.2, 0.25) is 70.9 Å². The van der Waals surface area contributed by atoms with Crippen LogP contribution in [0, 0.1) is 18.8 Å². The molecule has 0 radical (unpaired) electrons. The number of fused-ring (bicyclic) bond motifs is 1. The summed E-state index contributed by atoms with van der Waals surface area (Å²) in [5.41, 5.74) is 0.461. The molecule has 24 nitrogen and oxygen atoms in total. The third-order valence-corrected chi connectivity index (χ3v) is 17.3. The summed E-state index contributed by atoms with van der Waals surface area (Å²) in [6.07, 6.45) is 2.64. The zero-order valence-electron chi connectivity index (χ0n) is 51.3. The molecule has 1 saturated carbocycles. The molecular weight excluding hydrogens is 1060 g/mol. The first-order chi connectivity index (χ1) is 38.3. The average Bonchev–Trinajstić information content (AvgIpc) is 4.10. The lowest BCUT2D eigenvalue weighted by atomic mass is 9.90. The Hall–Kier alpha value is -7.14. The monoisotopic (exact) mass is 1150 g/mol. The van der Waals surface area contributed by atoms with Crippen LogP contribution in [-0.4, -0.2) is 252 Å². The van der Waals surface area contributed by atoms with Crippen LogP contribution in [0.1, 0.15) is 110 Å². The van der Waals surface area contributed by atoms with Gasteiger partial charge < -0.3 is 60.0 Å². The van der Waals surface area contributed by atoms with Gasteiger partial charge in [-0.2, -0.15) is 0 Å². The first-order valence-electron chi connectivity index (χ1n) is 28.6. The number of hydrogen-bond acceptors (Lipinski definition) is 12. The molecule has 1 aromatic carbocycles. The van der Waals surface area contributed by atoms with Gasteiger partial charge in [0.1, 0.15) is 47.8 Å². The SMILES string of the molecule is CC[C@H](C)C1NC(=O)C(C)N(C)C(=O)CC(C(=O)N(C)C)N(C)C(=O)C([C@@H](C)CC)N(C)C(=O)C2(CCCC2)NC(=O)CN(C)C(=O)CNC(=O)CN(C)C(=O)C(CCc2ccc(C)cc2)N(C)C(=O)C2CCN2C(=O)C(C)N(C)C1=O. The Morgan fingerprint density at radius 2 is 1.26 bits per heavy atom. The van der Waals surface area contributed by atoms with E-state index in [1.165, 1.54) is 102 Å². The number of amides is 12. The molecule has 0 bridgehead atoms. The van der Waals surface area contributed by atoms with Crippen molar-refractivity contribution in [2.75, 3.05) is 89.6 Å². The largest absolute Gasteiger partial charge is 0.347 e. The molecule has 82 heavy (non-hydrogen) atoms. The normalized spacial score (nSPS) is 26.3. The van der Waals surface area contributed by atoms with Crippen molar-refractivity contribution in [3.63, 3.8) is 0 Å². The van der Waals surface area contributed by atoms with Gasteiger partial charge in [0.15, 0.2) is 0 Å². The Labute approximate surface area is 484 Å². The number of carbonyl (C=O) groups excluding carboxylic acids is 12. The average molecular weight is 1150 g/mol. The fourth-order valence-corrected chi connectivity index (χ4v) is 10.7. The van der Waals surface area contributed by atoms with Crippen molar-refractivity contribution in [3.05, 3.63) is 35.4 Å². The molecule has 12 amide bonds. The maximum atomic E-state index is 14.9. The summed E-state index contributed by atoms with van der Waals surface area (Å²) >= 11 is 0. The second-order valence-corrected chi connectivity index (χ2v) is 23.2. The molecule has 2 heterocycles. The topological polar surface area (TPSA) is 270 Å². The van der Waals surface area contributed by atoms with Crippen LogP contribution in [-0.2, 0) is 64.0 Å². The minimum absolute atomic E-state index is 0.148. The zero-order chi connectivity index (χ0) is 61.8. The van der Waals surface area contributed by atoms with Gasteiger partial charge in [-0.05, 0) is 70.3 Å². The van der Waals surface area contributed by atoms with Gasteiger partial charge in [0.25, 0.3) is 0 Å². The number of nitrogens with one attached hydrogen (secondary N) is 3. The van der Waals surface area contributed by atoms with E-state index in [0.29, 0.717) is 32.1 Å². The van der Waals surface area contributed by atoms with E-state index < -0.39 is 157 Å². The summed E-state index contributed by atoms with van der Waals surface area (Å²) in [5.74, 6) is -8.49. The molecule has 2 aliphatic heterocycles. The first-order valence-corrected chi connectivity index (χ1v) is 28.6. The lowest BCUT2D eigenvalue weighted by Crippen LogP contribution is -2.65. The predicted octanol–water partition coefficient (Wildman–Crippen LogP) is 0.234. The van der Waals surface area contributed by atoms with Gasteiger partial charge in [0.05, 0.1) is 26.1 Å². The van der Waals surface area contributed by atoms with Crippen LogP contribution < -0.4 is 16.0 Å². The molecule has 3 aliphatic rings. The number of benzene rings is 1. The zero-order valence-corrected chi connectivity index (χ0v) is 51.3. The summed E-state index contributed by atoms with van der Waals surface area (Å²) in [4.78, 5) is 181. The molecule has 1 aromatic rings. The van der Waals surface area contributed by atoms with Crippen LogP contribution in [0.2, 0.25) is 0 Å². The Morgan fingerprint density at radius 3 is 1.80 bits per heavy atom. The van der Waals surface area contributed by atoms with E-state index in [1.807, 2.05) is 45.0 Å². The lowest BCUT2D eigenvalue weighted by molar-refractivity contribution is -0.160. The van der Waals surface area contributed by atoms with Crippen molar-refractivity contribution in [3.8, 4) is 0 Å². The fraction of sp³-hybridized carbons (Fsp3) is 0.690. The van der Waals surface area contributed by atoms with Gasteiger partial charge in [-0.3, -0.25) is 57.5 Å². The molecule has 2 saturated heterocycles. The molecule has 4 rings (SSSR count). The van der Waals surface area contributed by atoms with E-state index >= 15 is 0 Å². The Kier molecular flexibility index (Phi) is 24.0. The maximum absolute atomic E-state index is 14.9. The predicted molar refractivity (Wildman–Crippen MR) is 306 cm³/mol. The highest BCUT2D eigenvalue weighted by Gasteiger charge is 2.49. The summed E-state index contributed by atoms with van der Waals surface area (Å²) < 4.78 is 0. The number of likely N-dealkylation sites (N-methyl/N-ethyl adjacent to an activating group) is 8. The van der Waals surface area contributed by atoms with Gasteiger partial charge >= 0.3 is 0 Å². The van der Waals surface area contributed by atoms with E-state index in [1.54, 1.807) is 13.8 Å². The van der Waals surface area contributed by atoms with E-state index in [-0.39, 0.29) is 32.2 Å². The molecule has 1 spiro atoms. The number of nitrogens with zero attached hydrogens (tertiary/aromatic N) is 9. The third kappa shape index (κ3) is 15.9. The molecule has 7 unspecified atom stereocenters. The van der Waals surface area contributed by atoms with Crippen LogP contribution in [0.15, 0.2) is 24.3 Å². The van der Waals surface area contributed by atoms with Crippen LogP contribution in [0.3, 0.4) is 0 Å². The van der Waals surface area contributed by atoms with Crippen molar-refractivity contribution >= 4 is 70.9 Å². The highest BCUT2D eigenvalue weighted by molar-refractivity contribution is 6.00. The minimum atomic E-state index is -1.46. The molecule has 456 valence electrons. The quantitative estimate of drug-likeness (QED) is 0.316. The second kappa shape index (κ2) is 29.2. The highest BCUT2D eigenvalue weighted by atomic mass is 16.2. The number of aryl methyl sites for hydroxylation is 2. The minimum Gasteiger partial charge on any atom is -0.347 e. The molecular formula is C58H92N12O12. The first kappa shape index (κ1) is 67.4. The number of carbonyl (C=O) groups is 12. The molecule has 9 atom stereocenters.